The fourth-order valence-electron chi connectivity index (χ4n) is 2.18. The van der Waals surface area contributed by atoms with Crippen LogP contribution in [0, 0.1) is 18.6 Å². The first-order chi connectivity index (χ1) is 11.6. The highest BCUT2D eigenvalue weighted by molar-refractivity contribution is 7.11. The van der Waals surface area contributed by atoms with Gasteiger partial charge >= 0.3 is 0 Å². The lowest BCUT2D eigenvalue weighted by Gasteiger charge is -2.11. The Hall–Kier alpha value is -2.02. The predicted octanol–water partition coefficient (Wildman–Crippen LogP) is 3.07. The third kappa shape index (κ3) is 5.56. The van der Waals surface area contributed by atoms with Crippen LogP contribution >= 0.6 is 11.3 Å². The van der Waals surface area contributed by atoms with Crippen LogP contribution in [0.15, 0.2) is 29.4 Å². The molecule has 1 aromatic heterocycles. The van der Waals surface area contributed by atoms with E-state index < -0.39 is 11.6 Å². The van der Waals surface area contributed by atoms with E-state index in [4.69, 9.17) is 0 Å². The molecule has 2 N–H and O–H groups in total. The van der Waals surface area contributed by atoms with Gasteiger partial charge in [-0.2, -0.15) is 0 Å². The molecular weight excluding hydrogens is 330 g/mol. The van der Waals surface area contributed by atoms with Crippen molar-refractivity contribution in [2.24, 2.45) is 4.99 Å². The largest absolute Gasteiger partial charge is 0.357 e. The lowest BCUT2D eigenvalue weighted by molar-refractivity contribution is 0.498. The maximum Gasteiger partial charge on any atom is 0.191 e. The van der Waals surface area contributed by atoms with E-state index in [0.717, 1.165) is 24.0 Å². The molecule has 2 rings (SSSR count). The molecule has 1 aromatic carbocycles. The lowest BCUT2D eigenvalue weighted by atomic mass is 10.1. The van der Waals surface area contributed by atoms with E-state index in [-0.39, 0.29) is 0 Å². The third-order valence-electron chi connectivity index (χ3n) is 3.33. The molecule has 0 bridgehead atoms. The average Bonchev–Trinajstić information content (AvgIpc) is 2.97. The fourth-order valence-corrected chi connectivity index (χ4v) is 2.96. The molecule has 0 saturated heterocycles. The molecule has 0 radical (unpaired) electrons. The van der Waals surface area contributed by atoms with Crippen LogP contribution in [-0.4, -0.2) is 30.6 Å². The van der Waals surface area contributed by atoms with Gasteiger partial charge in [0.15, 0.2) is 17.6 Å². The third-order valence-corrected chi connectivity index (χ3v) is 4.30. The van der Waals surface area contributed by atoms with E-state index >= 15 is 0 Å². The highest BCUT2D eigenvalue weighted by Gasteiger charge is 2.07. The molecule has 7 heteroatoms. The predicted molar refractivity (Wildman–Crippen MR) is 94.6 cm³/mol. The number of guanidine groups is 1. The van der Waals surface area contributed by atoms with Crippen LogP contribution in [0.25, 0.3) is 0 Å². The first-order valence-corrected chi connectivity index (χ1v) is 8.78. The quantitative estimate of drug-likeness (QED) is 0.595. The van der Waals surface area contributed by atoms with Crippen LogP contribution in [0.4, 0.5) is 8.78 Å². The van der Waals surface area contributed by atoms with E-state index in [1.807, 2.05) is 20.0 Å². The van der Waals surface area contributed by atoms with E-state index in [0.29, 0.717) is 31.0 Å². The van der Waals surface area contributed by atoms with Crippen molar-refractivity contribution in [2.75, 3.05) is 19.6 Å². The molecule has 0 spiro atoms. The summed E-state index contributed by atoms with van der Waals surface area (Å²) in [6.07, 6.45) is 3.04. The maximum absolute atomic E-state index is 13.6. The van der Waals surface area contributed by atoms with Crippen molar-refractivity contribution in [3.05, 3.63) is 51.5 Å². The van der Waals surface area contributed by atoms with E-state index in [1.165, 1.54) is 10.9 Å². The smallest absolute Gasteiger partial charge is 0.191 e. The van der Waals surface area contributed by atoms with Crippen LogP contribution in [0.3, 0.4) is 0 Å². The number of hydrogen-bond donors (Lipinski definition) is 2. The van der Waals surface area contributed by atoms with E-state index in [9.17, 15) is 8.78 Å². The van der Waals surface area contributed by atoms with E-state index in [1.54, 1.807) is 17.4 Å². The second kappa shape index (κ2) is 9.32. The minimum Gasteiger partial charge on any atom is -0.357 e. The first-order valence-electron chi connectivity index (χ1n) is 7.96. The fraction of sp³-hybridized carbons (Fsp3) is 0.412. The topological polar surface area (TPSA) is 49.3 Å². The molecule has 1 heterocycles. The van der Waals surface area contributed by atoms with Crippen molar-refractivity contribution in [1.29, 1.82) is 0 Å². The van der Waals surface area contributed by atoms with E-state index in [2.05, 4.69) is 20.6 Å². The van der Waals surface area contributed by atoms with Crippen LogP contribution in [0.2, 0.25) is 0 Å². The van der Waals surface area contributed by atoms with Crippen LogP contribution < -0.4 is 10.6 Å². The van der Waals surface area contributed by atoms with Gasteiger partial charge in [-0.25, -0.2) is 13.8 Å². The minimum absolute atomic E-state index is 0.358. The average molecular weight is 352 g/mol. The molecule has 0 aliphatic rings. The zero-order chi connectivity index (χ0) is 17.4. The van der Waals surface area contributed by atoms with Crippen molar-refractivity contribution in [3.8, 4) is 0 Å². The van der Waals surface area contributed by atoms with Crippen molar-refractivity contribution in [3.63, 3.8) is 0 Å². The standard InChI is InChI=1S/C17H22F2N4S/c1-3-20-17(22-10-8-15-23-11-12(2)24-15)21-9-7-13-5-4-6-14(18)16(13)19/h4-6,11H,3,7-10H2,1-2H3,(H2,20,21,22). The van der Waals surface area contributed by atoms with Crippen molar-refractivity contribution >= 4 is 17.3 Å². The summed E-state index contributed by atoms with van der Waals surface area (Å²) in [7, 11) is 0. The zero-order valence-corrected chi connectivity index (χ0v) is 14.7. The normalized spacial score (nSPS) is 11.6. The molecule has 4 nitrogen and oxygen atoms in total. The molecule has 0 atom stereocenters. The van der Waals surface area contributed by atoms with Gasteiger partial charge in [0.05, 0.1) is 5.01 Å². The number of halogens is 2. The zero-order valence-electron chi connectivity index (χ0n) is 13.9. The van der Waals surface area contributed by atoms with Gasteiger partial charge < -0.3 is 10.6 Å². The summed E-state index contributed by atoms with van der Waals surface area (Å²) >= 11 is 1.67. The van der Waals surface area contributed by atoms with Crippen molar-refractivity contribution in [2.45, 2.75) is 26.7 Å². The van der Waals surface area contributed by atoms with Gasteiger partial charge in [0.2, 0.25) is 0 Å². The molecule has 0 saturated carbocycles. The number of aromatic nitrogens is 1. The van der Waals surface area contributed by atoms with Gasteiger partial charge in [-0.3, -0.25) is 4.99 Å². The molecule has 0 aliphatic carbocycles. The van der Waals surface area contributed by atoms with Gasteiger partial charge in [0.1, 0.15) is 0 Å². The minimum atomic E-state index is -0.813. The molecule has 24 heavy (non-hydrogen) atoms. The summed E-state index contributed by atoms with van der Waals surface area (Å²) < 4.78 is 26.8. The maximum atomic E-state index is 13.6. The second-order valence-corrected chi connectivity index (χ2v) is 6.58. The molecule has 2 aromatic rings. The molecule has 130 valence electrons. The summed E-state index contributed by atoms with van der Waals surface area (Å²) in [5.41, 5.74) is 0.358. The molecule has 0 fully saturated rings. The Morgan fingerprint density at radius 2 is 2.08 bits per heavy atom. The van der Waals surface area contributed by atoms with Crippen LogP contribution in [0.1, 0.15) is 22.4 Å². The Morgan fingerprint density at radius 1 is 1.25 bits per heavy atom. The number of aliphatic imine (C=N–C) groups is 1. The SMILES string of the molecule is CCNC(=NCCc1ncc(C)s1)NCCc1cccc(F)c1F. The van der Waals surface area contributed by atoms with Crippen molar-refractivity contribution < 1.29 is 8.78 Å². The number of benzene rings is 1. The summed E-state index contributed by atoms with van der Waals surface area (Å²) in [6, 6.07) is 4.23. The van der Waals surface area contributed by atoms with Crippen molar-refractivity contribution in [1.82, 2.24) is 15.6 Å². The Kier molecular flexibility index (Phi) is 7.11. The summed E-state index contributed by atoms with van der Waals surface area (Å²) in [6.45, 7) is 5.84. The Bertz CT molecular complexity index is 685. The highest BCUT2D eigenvalue weighted by Crippen LogP contribution is 2.12. The van der Waals surface area contributed by atoms with Crippen LogP contribution in [-0.2, 0) is 12.8 Å². The monoisotopic (exact) mass is 352 g/mol. The van der Waals surface area contributed by atoms with Gasteiger partial charge in [-0.05, 0) is 31.9 Å². The van der Waals surface area contributed by atoms with Crippen LogP contribution in [0.5, 0.6) is 0 Å². The van der Waals surface area contributed by atoms with Gasteiger partial charge in [-0.15, -0.1) is 11.3 Å². The first kappa shape index (κ1) is 18.3. The summed E-state index contributed by atoms with van der Waals surface area (Å²) in [4.78, 5) is 9.98. The highest BCUT2D eigenvalue weighted by atomic mass is 32.1. The molecule has 0 amide bonds. The van der Waals surface area contributed by atoms with Gasteiger partial charge in [0, 0.05) is 37.1 Å². The molecular formula is C17H22F2N4S. The number of hydrogen-bond acceptors (Lipinski definition) is 3. The van der Waals surface area contributed by atoms with Gasteiger partial charge in [0.25, 0.3) is 0 Å². The number of aryl methyl sites for hydroxylation is 1. The number of nitrogens with zero attached hydrogens (tertiary/aromatic N) is 2. The second-order valence-electron chi connectivity index (χ2n) is 5.27. The molecule has 0 aliphatic heterocycles. The molecule has 0 unspecified atom stereocenters. The Labute approximate surface area is 145 Å². The summed E-state index contributed by atoms with van der Waals surface area (Å²) in [5, 5.41) is 7.34. The number of thiazole rings is 1. The number of rotatable bonds is 7. The number of nitrogens with one attached hydrogen (secondary N) is 2. The Morgan fingerprint density at radius 3 is 2.79 bits per heavy atom. The Balaban J connectivity index is 1.83. The lowest BCUT2D eigenvalue weighted by Crippen LogP contribution is -2.38. The van der Waals surface area contributed by atoms with Gasteiger partial charge in [-0.1, -0.05) is 12.1 Å². The summed E-state index contributed by atoms with van der Waals surface area (Å²) in [5.74, 6) is -0.921.